The summed E-state index contributed by atoms with van der Waals surface area (Å²) in [5, 5.41) is 7.21. The lowest BCUT2D eigenvalue weighted by molar-refractivity contribution is 0.119. The number of aryl methyl sites for hydroxylation is 1. The normalized spacial score (nSPS) is 15.6. The van der Waals surface area contributed by atoms with Crippen molar-refractivity contribution in [3.05, 3.63) is 46.8 Å². The van der Waals surface area contributed by atoms with Crippen molar-refractivity contribution in [3.8, 4) is 22.1 Å². The second kappa shape index (κ2) is 8.94. The van der Waals surface area contributed by atoms with Crippen LogP contribution in [0.1, 0.15) is 17.1 Å². The summed E-state index contributed by atoms with van der Waals surface area (Å²) in [4.78, 5) is 9.72. The molecule has 0 spiro atoms. The number of ether oxygens (including phenoxy) is 2. The summed E-state index contributed by atoms with van der Waals surface area (Å²) in [6.07, 6.45) is 0. The Morgan fingerprint density at radius 2 is 1.72 bits per heavy atom. The van der Waals surface area contributed by atoms with Crippen molar-refractivity contribution >= 4 is 11.3 Å². The van der Waals surface area contributed by atoms with E-state index in [2.05, 4.69) is 20.3 Å². The minimum absolute atomic E-state index is 0.779. The maximum atomic E-state index is 5.52. The minimum atomic E-state index is 0.779. The van der Waals surface area contributed by atoms with Crippen molar-refractivity contribution in [2.75, 3.05) is 40.4 Å². The Labute approximate surface area is 174 Å². The maximum Gasteiger partial charge on any atom is 0.133 e. The first-order chi connectivity index (χ1) is 14.1. The number of nitrogens with zero attached hydrogens (tertiary/aromatic N) is 4. The molecule has 3 heterocycles. The number of benzene rings is 1. The van der Waals surface area contributed by atoms with E-state index in [9.17, 15) is 0 Å². The number of piperazine rings is 1. The summed E-state index contributed by atoms with van der Waals surface area (Å²) in [6, 6.07) is 7.85. The third-order valence-corrected chi connectivity index (χ3v) is 6.03. The van der Waals surface area contributed by atoms with Crippen molar-refractivity contribution in [3.63, 3.8) is 0 Å². The first-order valence-electron chi connectivity index (χ1n) is 9.68. The second-order valence-electron chi connectivity index (χ2n) is 7.19. The van der Waals surface area contributed by atoms with E-state index in [1.165, 1.54) is 0 Å². The lowest BCUT2D eigenvalue weighted by Crippen LogP contribution is -2.45. The first-order valence-corrected chi connectivity index (χ1v) is 10.6. The fraction of sp³-hybridized carbons (Fsp3) is 0.429. The summed E-state index contributed by atoms with van der Waals surface area (Å²) in [5.74, 6) is 2.43. The van der Waals surface area contributed by atoms with Crippen molar-refractivity contribution in [2.24, 2.45) is 0 Å². The maximum absolute atomic E-state index is 5.52. The summed E-state index contributed by atoms with van der Waals surface area (Å²) in [5.41, 5.74) is 3.11. The average Bonchev–Trinajstić information content (AvgIpc) is 3.37. The molecule has 8 heteroatoms. The van der Waals surface area contributed by atoms with Gasteiger partial charge >= 0.3 is 0 Å². The molecule has 0 saturated carbocycles. The Kier molecular flexibility index (Phi) is 6.13. The fourth-order valence-corrected chi connectivity index (χ4v) is 4.38. The van der Waals surface area contributed by atoms with Gasteiger partial charge in [-0.15, -0.1) is 11.3 Å². The zero-order valence-electron chi connectivity index (χ0n) is 17.1. The number of rotatable bonds is 7. The molecule has 0 unspecified atom stereocenters. The molecule has 1 fully saturated rings. The van der Waals surface area contributed by atoms with Gasteiger partial charge in [0.05, 0.1) is 31.2 Å². The summed E-state index contributed by atoms with van der Waals surface area (Å²) in [6.45, 7) is 7.74. The third kappa shape index (κ3) is 4.77. The summed E-state index contributed by atoms with van der Waals surface area (Å²) < 4.78 is 16.0. The van der Waals surface area contributed by atoms with Crippen LogP contribution in [-0.4, -0.2) is 60.3 Å². The molecule has 0 bridgehead atoms. The van der Waals surface area contributed by atoms with Crippen LogP contribution in [0.15, 0.2) is 34.2 Å². The van der Waals surface area contributed by atoms with Gasteiger partial charge < -0.3 is 14.0 Å². The molecule has 3 aromatic rings. The Morgan fingerprint density at radius 1 is 1.00 bits per heavy atom. The molecular formula is C21H26N4O3S. The van der Waals surface area contributed by atoms with Crippen LogP contribution in [0, 0.1) is 6.92 Å². The van der Waals surface area contributed by atoms with E-state index in [1.54, 1.807) is 25.6 Å². The third-order valence-electron chi connectivity index (χ3n) is 5.10. The highest BCUT2D eigenvalue weighted by Gasteiger charge is 2.19. The number of thiazole rings is 1. The highest BCUT2D eigenvalue weighted by atomic mass is 32.1. The predicted octanol–water partition coefficient (Wildman–Crippen LogP) is 3.44. The highest BCUT2D eigenvalue weighted by Crippen LogP contribution is 2.35. The van der Waals surface area contributed by atoms with Gasteiger partial charge in [0, 0.05) is 56.8 Å². The second-order valence-corrected chi connectivity index (χ2v) is 8.05. The first kappa shape index (κ1) is 19.9. The molecule has 29 heavy (non-hydrogen) atoms. The molecule has 1 aliphatic rings. The topological polar surface area (TPSA) is 63.9 Å². The van der Waals surface area contributed by atoms with Gasteiger partial charge in [-0.3, -0.25) is 9.80 Å². The monoisotopic (exact) mass is 414 g/mol. The Hall–Kier alpha value is -2.42. The van der Waals surface area contributed by atoms with Gasteiger partial charge in [-0.1, -0.05) is 5.16 Å². The molecule has 1 saturated heterocycles. The van der Waals surface area contributed by atoms with Crippen molar-refractivity contribution in [2.45, 2.75) is 20.0 Å². The number of methoxy groups -OCH3 is 2. The smallest absolute Gasteiger partial charge is 0.133 e. The Balaban J connectivity index is 1.34. The molecule has 154 valence electrons. The average molecular weight is 415 g/mol. The van der Waals surface area contributed by atoms with Gasteiger partial charge in [0.2, 0.25) is 0 Å². The van der Waals surface area contributed by atoms with Crippen LogP contribution in [0.5, 0.6) is 11.5 Å². The summed E-state index contributed by atoms with van der Waals surface area (Å²) in [7, 11) is 3.33. The molecule has 0 N–H and O–H groups in total. The molecule has 1 aromatic carbocycles. The molecule has 0 amide bonds. The van der Waals surface area contributed by atoms with Crippen LogP contribution < -0.4 is 9.47 Å². The fourth-order valence-electron chi connectivity index (χ4n) is 3.53. The number of aromatic nitrogens is 2. The van der Waals surface area contributed by atoms with E-state index in [1.807, 2.05) is 31.2 Å². The molecule has 0 aliphatic carbocycles. The van der Waals surface area contributed by atoms with Crippen molar-refractivity contribution < 1.29 is 14.0 Å². The highest BCUT2D eigenvalue weighted by molar-refractivity contribution is 7.13. The van der Waals surface area contributed by atoms with Crippen LogP contribution in [0.3, 0.4) is 0 Å². The molecule has 0 radical (unpaired) electrons. The lowest BCUT2D eigenvalue weighted by Gasteiger charge is -2.33. The van der Waals surface area contributed by atoms with Crippen molar-refractivity contribution in [1.29, 1.82) is 0 Å². The van der Waals surface area contributed by atoms with Crippen LogP contribution in [0.2, 0.25) is 0 Å². The van der Waals surface area contributed by atoms with Crippen molar-refractivity contribution in [1.82, 2.24) is 19.9 Å². The number of hydrogen-bond acceptors (Lipinski definition) is 8. The van der Waals surface area contributed by atoms with Crippen LogP contribution in [0.4, 0.5) is 0 Å². The molecule has 7 nitrogen and oxygen atoms in total. The lowest BCUT2D eigenvalue weighted by atomic mass is 10.2. The van der Waals surface area contributed by atoms with E-state index in [0.717, 1.165) is 78.5 Å². The molecule has 4 rings (SSSR count). The van der Waals surface area contributed by atoms with E-state index in [-0.39, 0.29) is 0 Å². The molecule has 0 atom stereocenters. The Bertz CT molecular complexity index is 947. The molecular weight excluding hydrogens is 388 g/mol. The van der Waals surface area contributed by atoms with E-state index in [0.29, 0.717) is 0 Å². The number of hydrogen-bond donors (Lipinski definition) is 0. The Morgan fingerprint density at radius 3 is 2.34 bits per heavy atom. The van der Waals surface area contributed by atoms with E-state index in [4.69, 9.17) is 19.0 Å². The van der Waals surface area contributed by atoms with E-state index >= 15 is 0 Å². The van der Waals surface area contributed by atoms with Gasteiger partial charge in [0.1, 0.15) is 22.3 Å². The van der Waals surface area contributed by atoms with Gasteiger partial charge in [0.15, 0.2) is 0 Å². The van der Waals surface area contributed by atoms with Gasteiger partial charge in [-0.2, -0.15) is 0 Å². The molecule has 2 aromatic heterocycles. The predicted molar refractivity (Wildman–Crippen MR) is 112 cm³/mol. The van der Waals surface area contributed by atoms with Crippen LogP contribution in [-0.2, 0) is 13.1 Å². The van der Waals surface area contributed by atoms with Gasteiger partial charge in [0.25, 0.3) is 0 Å². The summed E-state index contributed by atoms with van der Waals surface area (Å²) >= 11 is 1.65. The van der Waals surface area contributed by atoms with E-state index < -0.39 is 0 Å². The minimum Gasteiger partial charge on any atom is -0.497 e. The zero-order chi connectivity index (χ0) is 20.2. The largest absolute Gasteiger partial charge is 0.497 e. The molecule has 1 aliphatic heterocycles. The van der Waals surface area contributed by atoms with Gasteiger partial charge in [-0.25, -0.2) is 4.98 Å². The zero-order valence-corrected chi connectivity index (χ0v) is 17.9. The van der Waals surface area contributed by atoms with Crippen LogP contribution >= 0.6 is 11.3 Å². The SMILES string of the molecule is COc1ccc(-c2nc(CN3CCN(Cc4cc(C)on4)CC3)cs2)c(OC)c1. The van der Waals surface area contributed by atoms with Crippen LogP contribution in [0.25, 0.3) is 10.6 Å². The van der Waals surface area contributed by atoms with Gasteiger partial charge in [-0.05, 0) is 19.1 Å². The standard InChI is InChI=1S/C21H26N4O3S/c1-15-10-16(23-28-15)12-24-6-8-25(9-7-24)13-17-14-29-21(22-17)19-5-4-18(26-2)11-20(19)27-3/h4-5,10-11,14H,6-9,12-13H2,1-3H3. The quantitative estimate of drug-likeness (QED) is 0.587.